The van der Waals surface area contributed by atoms with Crippen molar-refractivity contribution in [1.29, 1.82) is 0 Å². The Kier molecular flexibility index (Phi) is 5.18. The molecule has 1 atom stereocenters. The summed E-state index contributed by atoms with van der Waals surface area (Å²) in [5.74, 6) is 5.71. The molecule has 20 heavy (non-hydrogen) atoms. The third-order valence-corrected chi connectivity index (χ3v) is 4.08. The number of aryl methyl sites for hydroxylation is 2. The highest BCUT2D eigenvalue weighted by Gasteiger charge is 2.11. The molecule has 0 bridgehead atoms. The van der Waals surface area contributed by atoms with Gasteiger partial charge in [0.05, 0.1) is 0 Å². The van der Waals surface area contributed by atoms with Gasteiger partial charge in [-0.2, -0.15) is 0 Å². The minimum atomic E-state index is 0.0958. The molecule has 0 spiro atoms. The van der Waals surface area contributed by atoms with Crippen LogP contribution in [-0.4, -0.2) is 0 Å². The molecule has 2 rings (SSSR count). The van der Waals surface area contributed by atoms with Crippen LogP contribution in [0.4, 0.5) is 0 Å². The molecule has 2 aromatic rings. The summed E-state index contributed by atoms with van der Waals surface area (Å²) >= 11 is 6.07. The molecule has 0 heterocycles. The van der Waals surface area contributed by atoms with E-state index >= 15 is 0 Å². The van der Waals surface area contributed by atoms with Gasteiger partial charge in [0.15, 0.2) is 0 Å². The first-order valence-corrected chi connectivity index (χ1v) is 7.31. The first-order valence-electron chi connectivity index (χ1n) is 6.94. The zero-order valence-corrected chi connectivity index (χ0v) is 12.7. The normalized spacial score (nSPS) is 12.4. The third-order valence-electron chi connectivity index (χ3n) is 3.66. The topological polar surface area (TPSA) is 38.0 Å². The van der Waals surface area contributed by atoms with Crippen molar-refractivity contribution in [2.45, 2.75) is 32.7 Å². The van der Waals surface area contributed by atoms with Crippen LogP contribution in [-0.2, 0) is 12.8 Å². The number of nitrogens with two attached hydrogens (primary N) is 1. The average molecular weight is 289 g/mol. The highest BCUT2D eigenvalue weighted by atomic mass is 35.5. The Labute approximate surface area is 125 Å². The second-order valence-corrected chi connectivity index (χ2v) is 5.51. The van der Waals surface area contributed by atoms with Gasteiger partial charge in [-0.1, -0.05) is 54.9 Å². The Bertz CT molecular complexity index is 564. The van der Waals surface area contributed by atoms with Crippen LogP contribution in [0.1, 0.15) is 35.2 Å². The lowest BCUT2D eigenvalue weighted by Gasteiger charge is -2.17. The number of benzene rings is 2. The van der Waals surface area contributed by atoms with E-state index in [1.165, 1.54) is 11.1 Å². The second-order valence-electron chi connectivity index (χ2n) is 5.10. The van der Waals surface area contributed by atoms with E-state index in [9.17, 15) is 0 Å². The molecule has 0 fully saturated rings. The van der Waals surface area contributed by atoms with Crippen molar-refractivity contribution in [3.8, 4) is 0 Å². The van der Waals surface area contributed by atoms with E-state index in [0.717, 1.165) is 29.0 Å². The number of hydrogen-bond acceptors (Lipinski definition) is 2. The van der Waals surface area contributed by atoms with Gasteiger partial charge < -0.3 is 0 Å². The van der Waals surface area contributed by atoms with Gasteiger partial charge in [-0.05, 0) is 48.1 Å². The van der Waals surface area contributed by atoms with Gasteiger partial charge in [-0.3, -0.25) is 11.3 Å². The van der Waals surface area contributed by atoms with E-state index in [-0.39, 0.29) is 6.04 Å². The van der Waals surface area contributed by atoms with Gasteiger partial charge in [-0.25, -0.2) is 0 Å². The fraction of sp³-hybridized carbons (Fsp3) is 0.294. The SMILES string of the molecule is CCc1ccc(CC(NN)c2ccc(Cl)c(C)c2)cc1. The van der Waals surface area contributed by atoms with Gasteiger partial charge >= 0.3 is 0 Å². The van der Waals surface area contributed by atoms with E-state index in [1.54, 1.807) is 0 Å². The van der Waals surface area contributed by atoms with Crippen LogP contribution in [0.3, 0.4) is 0 Å². The molecule has 0 aromatic heterocycles. The van der Waals surface area contributed by atoms with Crippen LogP contribution in [0.15, 0.2) is 42.5 Å². The molecule has 0 amide bonds. The molecular formula is C17H21ClN2. The summed E-state index contributed by atoms with van der Waals surface area (Å²) in [7, 11) is 0. The van der Waals surface area contributed by atoms with Crippen molar-refractivity contribution < 1.29 is 0 Å². The fourth-order valence-corrected chi connectivity index (χ4v) is 2.42. The summed E-state index contributed by atoms with van der Waals surface area (Å²) < 4.78 is 0. The highest BCUT2D eigenvalue weighted by molar-refractivity contribution is 6.31. The number of hydrazine groups is 1. The predicted octanol–water partition coefficient (Wildman–Crippen LogP) is 3.96. The summed E-state index contributed by atoms with van der Waals surface area (Å²) in [6, 6.07) is 14.8. The number of nitrogens with one attached hydrogen (secondary N) is 1. The molecule has 2 nitrogen and oxygen atoms in total. The van der Waals surface area contributed by atoms with Crippen molar-refractivity contribution in [2.75, 3.05) is 0 Å². The fourth-order valence-electron chi connectivity index (χ4n) is 2.30. The predicted molar refractivity (Wildman–Crippen MR) is 85.8 cm³/mol. The van der Waals surface area contributed by atoms with Crippen molar-refractivity contribution in [2.24, 2.45) is 5.84 Å². The first-order chi connectivity index (χ1) is 9.63. The lowest BCUT2D eigenvalue weighted by atomic mass is 9.97. The number of hydrogen-bond donors (Lipinski definition) is 2. The van der Waals surface area contributed by atoms with Crippen LogP contribution in [0.2, 0.25) is 5.02 Å². The Morgan fingerprint density at radius 3 is 2.30 bits per heavy atom. The molecule has 0 radical (unpaired) electrons. The summed E-state index contributed by atoms with van der Waals surface area (Å²) in [6.45, 7) is 4.17. The minimum absolute atomic E-state index is 0.0958. The lowest BCUT2D eigenvalue weighted by Crippen LogP contribution is -2.29. The lowest BCUT2D eigenvalue weighted by molar-refractivity contribution is 0.551. The van der Waals surface area contributed by atoms with Crippen LogP contribution < -0.4 is 11.3 Å². The van der Waals surface area contributed by atoms with Crippen molar-refractivity contribution in [3.05, 3.63) is 69.7 Å². The third kappa shape index (κ3) is 3.60. The zero-order chi connectivity index (χ0) is 14.5. The van der Waals surface area contributed by atoms with E-state index in [4.69, 9.17) is 17.4 Å². The quantitative estimate of drug-likeness (QED) is 0.646. The van der Waals surface area contributed by atoms with Crippen LogP contribution in [0.5, 0.6) is 0 Å². The minimum Gasteiger partial charge on any atom is -0.271 e. The molecule has 1 unspecified atom stereocenters. The smallest absolute Gasteiger partial charge is 0.0500 e. The van der Waals surface area contributed by atoms with Crippen molar-refractivity contribution >= 4 is 11.6 Å². The molecule has 0 aliphatic heterocycles. The van der Waals surface area contributed by atoms with Gasteiger partial charge in [0.25, 0.3) is 0 Å². The molecule has 106 valence electrons. The Balaban J connectivity index is 2.16. The second kappa shape index (κ2) is 6.89. The standard InChI is InChI=1S/C17H21ClN2/c1-3-13-4-6-14(7-5-13)11-17(20-19)15-8-9-16(18)12(2)10-15/h4-10,17,20H,3,11,19H2,1-2H3. The maximum Gasteiger partial charge on any atom is 0.0500 e. The molecular weight excluding hydrogens is 268 g/mol. The van der Waals surface area contributed by atoms with Gasteiger partial charge in [0.2, 0.25) is 0 Å². The molecule has 0 aliphatic rings. The first kappa shape index (κ1) is 15.0. The van der Waals surface area contributed by atoms with Crippen LogP contribution in [0.25, 0.3) is 0 Å². The van der Waals surface area contributed by atoms with Crippen molar-refractivity contribution in [1.82, 2.24) is 5.43 Å². The van der Waals surface area contributed by atoms with E-state index in [0.29, 0.717) is 0 Å². The van der Waals surface area contributed by atoms with Gasteiger partial charge in [0, 0.05) is 11.1 Å². The Morgan fingerprint density at radius 1 is 1.10 bits per heavy atom. The molecule has 3 N–H and O–H groups in total. The van der Waals surface area contributed by atoms with Crippen molar-refractivity contribution in [3.63, 3.8) is 0 Å². The summed E-state index contributed by atoms with van der Waals surface area (Å²) in [5.41, 5.74) is 7.77. The maximum absolute atomic E-state index is 6.07. The van der Waals surface area contributed by atoms with Crippen LogP contribution in [0, 0.1) is 6.92 Å². The monoisotopic (exact) mass is 288 g/mol. The highest BCUT2D eigenvalue weighted by Crippen LogP contribution is 2.23. The molecule has 0 aliphatic carbocycles. The van der Waals surface area contributed by atoms with E-state index in [2.05, 4.69) is 42.7 Å². The largest absolute Gasteiger partial charge is 0.271 e. The van der Waals surface area contributed by atoms with Gasteiger partial charge in [-0.15, -0.1) is 0 Å². The summed E-state index contributed by atoms with van der Waals surface area (Å²) in [6.07, 6.45) is 1.93. The molecule has 3 heteroatoms. The summed E-state index contributed by atoms with van der Waals surface area (Å²) in [5, 5.41) is 0.789. The molecule has 0 saturated carbocycles. The Hall–Kier alpha value is -1.35. The van der Waals surface area contributed by atoms with Crippen LogP contribution >= 0.6 is 11.6 Å². The number of halogens is 1. The summed E-state index contributed by atoms with van der Waals surface area (Å²) in [4.78, 5) is 0. The van der Waals surface area contributed by atoms with E-state index in [1.807, 2.05) is 19.1 Å². The average Bonchev–Trinajstić information content (AvgIpc) is 2.48. The Morgan fingerprint density at radius 2 is 1.75 bits per heavy atom. The number of rotatable bonds is 5. The van der Waals surface area contributed by atoms with Gasteiger partial charge in [0.1, 0.15) is 0 Å². The van der Waals surface area contributed by atoms with E-state index < -0.39 is 0 Å². The molecule has 2 aromatic carbocycles. The zero-order valence-electron chi connectivity index (χ0n) is 12.0. The maximum atomic E-state index is 6.07. The molecule has 0 saturated heterocycles.